The second-order valence-electron chi connectivity index (χ2n) is 6.15. The minimum atomic E-state index is 0.353. The van der Waals surface area contributed by atoms with E-state index in [1.807, 2.05) is 7.05 Å². The van der Waals surface area contributed by atoms with Gasteiger partial charge in [-0.1, -0.05) is 12.2 Å². The zero-order valence-corrected chi connectivity index (χ0v) is 13.6. The van der Waals surface area contributed by atoms with Crippen LogP contribution in [0.25, 0.3) is 0 Å². The average molecular weight is 294 g/mol. The maximum Gasteiger partial charge on any atom is 0.191 e. The molecule has 1 saturated heterocycles. The van der Waals surface area contributed by atoms with E-state index in [-0.39, 0.29) is 0 Å². The molecule has 0 aromatic carbocycles. The van der Waals surface area contributed by atoms with Crippen molar-refractivity contribution in [1.82, 2.24) is 15.5 Å². The van der Waals surface area contributed by atoms with Crippen molar-refractivity contribution in [3.8, 4) is 0 Å². The van der Waals surface area contributed by atoms with Crippen LogP contribution in [0.3, 0.4) is 0 Å². The fourth-order valence-corrected chi connectivity index (χ4v) is 3.10. The number of ether oxygens (including phenoxy) is 1. The summed E-state index contributed by atoms with van der Waals surface area (Å²) >= 11 is 0. The van der Waals surface area contributed by atoms with Gasteiger partial charge in [0.15, 0.2) is 5.96 Å². The van der Waals surface area contributed by atoms with E-state index in [4.69, 9.17) is 4.74 Å². The fourth-order valence-electron chi connectivity index (χ4n) is 3.10. The molecular formula is C16H30N4O. The normalized spacial score (nSPS) is 28.0. The molecule has 0 aromatic rings. The van der Waals surface area contributed by atoms with Crippen molar-refractivity contribution in [3.05, 3.63) is 12.2 Å². The highest BCUT2D eigenvalue weighted by Crippen LogP contribution is 2.10. The van der Waals surface area contributed by atoms with Crippen LogP contribution in [0.1, 0.15) is 33.1 Å². The van der Waals surface area contributed by atoms with Crippen LogP contribution >= 0.6 is 0 Å². The van der Waals surface area contributed by atoms with Gasteiger partial charge in [0.1, 0.15) is 0 Å². The zero-order valence-electron chi connectivity index (χ0n) is 13.6. The molecular weight excluding hydrogens is 264 g/mol. The second-order valence-corrected chi connectivity index (χ2v) is 6.15. The Morgan fingerprint density at radius 3 is 2.52 bits per heavy atom. The molecule has 1 fully saturated rings. The van der Waals surface area contributed by atoms with Crippen LogP contribution in [0.5, 0.6) is 0 Å². The van der Waals surface area contributed by atoms with E-state index in [1.54, 1.807) is 0 Å². The quantitative estimate of drug-likeness (QED) is 0.348. The number of hydrogen-bond donors (Lipinski definition) is 2. The number of rotatable bonds is 5. The molecule has 0 aromatic heterocycles. The van der Waals surface area contributed by atoms with Crippen molar-refractivity contribution in [2.24, 2.45) is 4.99 Å². The number of nitrogens with one attached hydrogen (secondary N) is 2. The van der Waals surface area contributed by atoms with Gasteiger partial charge in [-0.05, 0) is 33.1 Å². The van der Waals surface area contributed by atoms with E-state index in [0.717, 1.165) is 51.4 Å². The SMILES string of the molecule is CN=C(NCCCN1CC(C)OC(C)C1)NC1CC=CC1. The molecule has 2 rings (SSSR count). The maximum absolute atomic E-state index is 5.76. The van der Waals surface area contributed by atoms with Gasteiger partial charge in [0, 0.05) is 39.3 Å². The topological polar surface area (TPSA) is 48.9 Å². The second kappa shape index (κ2) is 8.39. The number of guanidine groups is 1. The van der Waals surface area contributed by atoms with Gasteiger partial charge in [0.2, 0.25) is 0 Å². The Morgan fingerprint density at radius 1 is 1.24 bits per heavy atom. The largest absolute Gasteiger partial charge is 0.373 e. The molecule has 0 bridgehead atoms. The number of hydrogen-bond acceptors (Lipinski definition) is 3. The van der Waals surface area contributed by atoms with Gasteiger partial charge in [-0.15, -0.1) is 0 Å². The number of nitrogens with zero attached hydrogens (tertiary/aromatic N) is 2. The monoisotopic (exact) mass is 294 g/mol. The van der Waals surface area contributed by atoms with E-state index in [1.165, 1.54) is 0 Å². The van der Waals surface area contributed by atoms with Crippen LogP contribution < -0.4 is 10.6 Å². The summed E-state index contributed by atoms with van der Waals surface area (Å²) in [5.41, 5.74) is 0. The molecule has 120 valence electrons. The minimum Gasteiger partial charge on any atom is -0.373 e. The molecule has 21 heavy (non-hydrogen) atoms. The van der Waals surface area contributed by atoms with Crippen molar-refractivity contribution in [3.63, 3.8) is 0 Å². The van der Waals surface area contributed by atoms with Gasteiger partial charge in [-0.3, -0.25) is 9.89 Å². The van der Waals surface area contributed by atoms with E-state index in [0.29, 0.717) is 18.2 Å². The molecule has 2 N–H and O–H groups in total. The van der Waals surface area contributed by atoms with Crippen molar-refractivity contribution in [1.29, 1.82) is 0 Å². The lowest BCUT2D eigenvalue weighted by Crippen LogP contribution is -2.47. The Balaban J connectivity index is 1.59. The van der Waals surface area contributed by atoms with E-state index < -0.39 is 0 Å². The molecule has 1 aliphatic carbocycles. The van der Waals surface area contributed by atoms with E-state index in [9.17, 15) is 0 Å². The highest BCUT2D eigenvalue weighted by atomic mass is 16.5. The first-order valence-corrected chi connectivity index (χ1v) is 8.17. The van der Waals surface area contributed by atoms with E-state index in [2.05, 4.69) is 46.5 Å². The van der Waals surface area contributed by atoms with Gasteiger partial charge in [0.05, 0.1) is 12.2 Å². The summed E-state index contributed by atoms with van der Waals surface area (Å²) in [5, 5.41) is 6.87. The highest BCUT2D eigenvalue weighted by Gasteiger charge is 2.21. The van der Waals surface area contributed by atoms with Crippen molar-refractivity contribution in [2.75, 3.05) is 33.2 Å². The predicted molar refractivity (Wildman–Crippen MR) is 87.7 cm³/mol. The van der Waals surface area contributed by atoms with Crippen molar-refractivity contribution >= 4 is 5.96 Å². The summed E-state index contributed by atoms with van der Waals surface area (Å²) in [6.07, 6.45) is 8.49. The molecule has 5 heteroatoms. The van der Waals surface area contributed by atoms with Crippen LogP contribution in [-0.2, 0) is 4.74 Å². The third-order valence-corrected chi connectivity index (χ3v) is 4.01. The number of aliphatic imine (C=N–C) groups is 1. The van der Waals surface area contributed by atoms with Crippen LogP contribution in [0.15, 0.2) is 17.1 Å². The van der Waals surface area contributed by atoms with Gasteiger partial charge in [0.25, 0.3) is 0 Å². The third-order valence-electron chi connectivity index (χ3n) is 4.01. The summed E-state index contributed by atoms with van der Waals surface area (Å²) in [6.45, 7) is 8.48. The minimum absolute atomic E-state index is 0.353. The summed E-state index contributed by atoms with van der Waals surface area (Å²) in [6, 6.07) is 0.511. The van der Waals surface area contributed by atoms with Crippen LogP contribution in [0, 0.1) is 0 Å². The zero-order chi connectivity index (χ0) is 15.1. The lowest BCUT2D eigenvalue weighted by molar-refractivity contribution is -0.0679. The van der Waals surface area contributed by atoms with Gasteiger partial charge in [-0.25, -0.2) is 0 Å². The Morgan fingerprint density at radius 2 is 1.90 bits per heavy atom. The molecule has 2 aliphatic rings. The lowest BCUT2D eigenvalue weighted by atomic mass is 10.2. The molecule has 1 heterocycles. The first-order valence-electron chi connectivity index (χ1n) is 8.17. The third kappa shape index (κ3) is 5.67. The van der Waals surface area contributed by atoms with E-state index >= 15 is 0 Å². The van der Waals surface area contributed by atoms with Gasteiger partial charge in [-0.2, -0.15) is 0 Å². The Labute approximate surface area is 128 Å². The van der Waals surface area contributed by atoms with Crippen molar-refractivity contribution in [2.45, 2.75) is 51.4 Å². The van der Waals surface area contributed by atoms with Gasteiger partial charge < -0.3 is 15.4 Å². The molecule has 2 atom stereocenters. The fraction of sp³-hybridized carbons (Fsp3) is 0.812. The summed E-state index contributed by atoms with van der Waals surface area (Å²) in [5.74, 6) is 0.924. The smallest absolute Gasteiger partial charge is 0.191 e. The van der Waals surface area contributed by atoms with Crippen LogP contribution in [0.2, 0.25) is 0 Å². The average Bonchev–Trinajstić information content (AvgIpc) is 2.94. The lowest BCUT2D eigenvalue weighted by Gasteiger charge is -2.35. The van der Waals surface area contributed by atoms with Crippen molar-refractivity contribution < 1.29 is 4.74 Å². The molecule has 2 unspecified atom stereocenters. The van der Waals surface area contributed by atoms with Crippen LogP contribution in [-0.4, -0.2) is 62.3 Å². The summed E-state index contributed by atoms with van der Waals surface area (Å²) in [4.78, 5) is 6.79. The summed E-state index contributed by atoms with van der Waals surface area (Å²) in [7, 11) is 1.84. The molecule has 0 saturated carbocycles. The first kappa shape index (κ1) is 16.3. The maximum atomic E-state index is 5.76. The molecule has 1 aliphatic heterocycles. The predicted octanol–water partition coefficient (Wildman–Crippen LogP) is 1.37. The molecule has 5 nitrogen and oxygen atoms in total. The van der Waals surface area contributed by atoms with Crippen LogP contribution in [0.4, 0.5) is 0 Å². The van der Waals surface area contributed by atoms with Gasteiger partial charge >= 0.3 is 0 Å². The highest BCUT2D eigenvalue weighted by molar-refractivity contribution is 5.80. The summed E-state index contributed by atoms with van der Waals surface area (Å²) < 4.78 is 5.76. The molecule has 0 amide bonds. The standard InChI is InChI=1S/C16H30N4O/c1-13-11-20(12-14(2)21-13)10-6-9-18-16(17-3)19-15-7-4-5-8-15/h4-5,13-15H,6-12H2,1-3H3,(H2,17,18,19). The molecule has 0 spiro atoms. The Bertz CT molecular complexity index is 351. The first-order chi connectivity index (χ1) is 10.2. The molecule has 0 radical (unpaired) electrons. The Hall–Kier alpha value is -1.07. The Kier molecular flexibility index (Phi) is 6.51. The number of morpholine rings is 1.